The summed E-state index contributed by atoms with van der Waals surface area (Å²) in [5.74, 6) is 1.87. The van der Waals surface area contributed by atoms with Crippen LogP contribution >= 0.6 is 0 Å². The number of hydrogen-bond donors (Lipinski definition) is 0. The van der Waals surface area contributed by atoms with Crippen molar-refractivity contribution in [3.63, 3.8) is 0 Å². The molecule has 0 unspecified atom stereocenters. The number of nitriles is 1. The molecule has 0 radical (unpaired) electrons. The first-order valence-electron chi connectivity index (χ1n) is 13.9. The Morgan fingerprint density at radius 2 is 1.82 bits per heavy atom. The Balaban J connectivity index is 1.31. The fraction of sp³-hybridized carbons (Fsp3) is 0.607. The summed E-state index contributed by atoms with van der Waals surface area (Å²) < 4.78 is 29.6. The summed E-state index contributed by atoms with van der Waals surface area (Å²) >= 11 is 0. The molecule has 1 aliphatic carbocycles. The average Bonchev–Trinajstić information content (AvgIpc) is 3.70. The summed E-state index contributed by atoms with van der Waals surface area (Å²) in [6.07, 6.45) is 5.73. The molecular formula is C28H35N7O4S. The van der Waals surface area contributed by atoms with Gasteiger partial charge in [-0.05, 0) is 40.0 Å². The van der Waals surface area contributed by atoms with E-state index in [4.69, 9.17) is 14.7 Å². The lowest BCUT2D eigenvalue weighted by molar-refractivity contribution is -0.137. The van der Waals surface area contributed by atoms with Gasteiger partial charge in [-0.25, -0.2) is 23.4 Å². The summed E-state index contributed by atoms with van der Waals surface area (Å²) in [5.41, 5.74) is 1.78. The first-order chi connectivity index (χ1) is 18.9. The van der Waals surface area contributed by atoms with Crippen LogP contribution in [0.1, 0.15) is 65.1 Å². The molecule has 5 heterocycles. The van der Waals surface area contributed by atoms with Crippen LogP contribution in [0.4, 0.5) is 17.3 Å². The molecule has 2 aromatic rings. The highest BCUT2D eigenvalue weighted by Gasteiger charge is 2.57. The van der Waals surface area contributed by atoms with Crippen LogP contribution in [0.2, 0.25) is 0 Å². The van der Waals surface area contributed by atoms with Crippen molar-refractivity contribution >= 4 is 33.1 Å². The van der Waals surface area contributed by atoms with Crippen LogP contribution in [0, 0.1) is 11.3 Å². The molecule has 0 aromatic carbocycles. The second-order valence-corrected chi connectivity index (χ2v) is 15.0. The second kappa shape index (κ2) is 9.03. The molecule has 1 amide bonds. The van der Waals surface area contributed by atoms with Crippen molar-refractivity contribution in [3.8, 4) is 11.8 Å². The molecule has 0 N–H and O–H groups in total. The third-order valence-corrected chi connectivity index (χ3v) is 11.4. The number of sulfone groups is 1. The highest BCUT2D eigenvalue weighted by molar-refractivity contribution is 7.95. The van der Waals surface area contributed by atoms with Gasteiger partial charge in [0.1, 0.15) is 28.8 Å². The molecule has 2 aromatic heterocycles. The van der Waals surface area contributed by atoms with E-state index in [2.05, 4.69) is 34.7 Å². The average molecular weight is 566 g/mol. The number of carbonyl (C=O) groups is 1. The maximum Gasteiger partial charge on any atom is 0.244 e. The van der Waals surface area contributed by atoms with E-state index in [9.17, 15) is 18.5 Å². The van der Waals surface area contributed by atoms with Gasteiger partial charge in [-0.15, -0.1) is 0 Å². The van der Waals surface area contributed by atoms with Gasteiger partial charge in [-0.3, -0.25) is 4.79 Å². The number of nitrogens with zero attached hydrogens (tertiary/aromatic N) is 7. The molecule has 4 aliphatic rings. The minimum atomic E-state index is -3.41. The third-order valence-electron chi connectivity index (χ3n) is 8.87. The zero-order chi connectivity index (χ0) is 28.6. The van der Waals surface area contributed by atoms with Crippen molar-refractivity contribution in [2.45, 2.75) is 82.2 Å². The molecule has 6 rings (SSSR count). The number of fused-ring (bicyclic) bond motifs is 1. The molecule has 0 spiro atoms. The molecule has 212 valence electrons. The smallest absolute Gasteiger partial charge is 0.244 e. The van der Waals surface area contributed by atoms with Gasteiger partial charge in [-0.2, -0.15) is 5.26 Å². The predicted octanol–water partition coefficient (Wildman–Crippen LogP) is 2.72. The number of piperazine rings is 1. The van der Waals surface area contributed by atoms with Crippen LogP contribution in [0.15, 0.2) is 18.6 Å². The standard InChI is InChI=1S/C28H35N7O4S/c1-17-14-34(26(36)28(5)8-9-40(28,37)38)18(2)13-33(17)24-23-25(32-16-31-24)35(15-27(23,3)4)19-10-22(39-20-6-7-20)21(11-29)30-12-19/h10,12,16-18,20H,6-9,13-15H2,1-5H3/t17-,18+,28-/m0/s1. The number of pyridine rings is 1. The Morgan fingerprint density at radius 3 is 2.45 bits per heavy atom. The molecular weight excluding hydrogens is 530 g/mol. The third kappa shape index (κ3) is 4.08. The predicted molar refractivity (Wildman–Crippen MR) is 149 cm³/mol. The number of amides is 1. The van der Waals surface area contributed by atoms with Gasteiger partial charge in [0, 0.05) is 48.8 Å². The molecule has 2 saturated heterocycles. The summed E-state index contributed by atoms with van der Waals surface area (Å²) in [6.45, 7) is 11.5. The van der Waals surface area contributed by atoms with Gasteiger partial charge in [0.25, 0.3) is 0 Å². The van der Waals surface area contributed by atoms with E-state index in [0.29, 0.717) is 31.8 Å². The van der Waals surface area contributed by atoms with Crippen molar-refractivity contribution in [1.82, 2.24) is 19.9 Å². The molecule has 12 heteroatoms. The normalized spacial score (nSPS) is 28.4. The number of carbonyl (C=O) groups excluding carboxylic acids is 1. The summed E-state index contributed by atoms with van der Waals surface area (Å²) in [6, 6.07) is 3.74. The number of anilines is 3. The molecule has 3 atom stereocenters. The fourth-order valence-corrected chi connectivity index (χ4v) is 7.64. The van der Waals surface area contributed by atoms with E-state index < -0.39 is 14.6 Å². The number of ether oxygens (including phenoxy) is 1. The number of rotatable bonds is 5. The largest absolute Gasteiger partial charge is 0.487 e. The van der Waals surface area contributed by atoms with E-state index in [1.807, 2.05) is 19.9 Å². The SMILES string of the molecule is C[C@@H]1CN(c2ncnc3c2C(C)(C)CN3c2cnc(C#N)c(OC3CC3)c2)[C@@H](C)CN1C(=O)[C@]1(C)CCS1(=O)=O. The van der Waals surface area contributed by atoms with E-state index in [0.717, 1.165) is 35.7 Å². The maximum absolute atomic E-state index is 13.4. The van der Waals surface area contributed by atoms with Crippen LogP contribution in [-0.2, 0) is 20.0 Å². The lowest BCUT2D eigenvalue weighted by atomic mass is 9.87. The van der Waals surface area contributed by atoms with E-state index >= 15 is 0 Å². The van der Waals surface area contributed by atoms with E-state index in [-0.39, 0.29) is 41.0 Å². The summed E-state index contributed by atoms with van der Waals surface area (Å²) in [5, 5.41) is 9.53. The monoisotopic (exact) mass is 565 g/mol. The van der Waals surface area contributed by atoms with Crippen LogP contribution in [0.3, 0.4) is 0 Å². The lowest BCUT2D eigenvalue weighted by Gasteiger charge is -2.49. The number of aromatic nitrogens is 3. The second-order valence-electron chi connectivity index (χ2n) is 12.4. The molecule has 3 aliphatic heterocycles. The summed E-state index contributed by atoms with van der Waals surface area (Å²) in [7, 11) is -3.41. The van der Waals surface area contributed by atoms with Gasteiger partial charge in [-0.1, -0.05) is 13.8 Å². The van der Waals surface area contributed by atoms with Crippen molar-refractivity contribution in [2.75, 3.05) is 35.2 Å². The zero-order valence-corrected chi connectivity index (χ0v) is 24.4. The van der Waals surface area contributed by atoms with E-state index in [1.165, 1.54) is 0 Å². The highest BCUT2D eigenvalue weighted by atomic mass is 32.2. The van der Waals surface area contributed by atoms with Crippen molar-refractivity contribution in [1.29, 1.82) is 5.26 Å². The zero-order valence-electron chi connectivity index (χ0n) is 23.6. The first-order valence-corrected chi connectivity index (χ1v) is 15.5. The Kier molecular flexibility index (Phi) is 6.04. The Bertz CT molecular complexity index is 1530. The maximum atomic E-state index is 13.4. The van der Waals surface area contributed by atoms with E-state index in [1.54, 1.807) is 24.3 Å². The topological polar surface area (TPSA) is 133 Å². The van der Waals surface area contributed by atoms with Gasteiger partial charge in [0.2, 0.25) is 5.91 Å². The lowest BCUT2D eigenvalue weighted by Crippen LogP contribution is -2.66. The minimum Gasteiger partial charge on any atom is -0.487 e. The van der Waals surface area contributed by atoms with Gasteiger partial charge in [0.15, 0.2) is 21.3 Å². The Hall–Kier alpha value is -3.46. The van der Waals surface area contributed by atoms with Gasteiger partial charge < -0.3 is 19.4 Å². The molecule has 40 heavy (non-hydrogen) atoms. The molecule has 1 saturated carbocycles. The Morgan fingerprint density at radius 1 is 1.10 bits per heavy atom. The van der Waals surface area contributed by atoms with Gasteiger partial charge >= 0.3 is 0 Å². The highest BCUT2D eigenvalue weighted by Crippen LogP contribution is 2.48. The molecule has 0 bridgehead atoms. The number of hydrogen-bond acceptors (Lipinski definition) is 10. The van der Waals surface area contributed by atoms with Crippen LogP contribution in [0.5, 0.6) is 5.75 Å². The Labute approximate surface area is 235 Å². The quantitative estimate of drug-likeness (QED) is 0.533. The van der Waals surface area contributed by atoms with Gasteiger partial charge in [0.05, 0.1) is 23.7 Å². The minimum absolute atomic E-state index is 0.0702. The first kappa shape index (κ1) is 26.7. The molecule has 11 nitrogen and oxygen atoms in total. The van der Waals surface area contributed by atoms with Crippen molar-refractivity contribution in [2.24, 2.45) is 0 Å². The summed E-state index contributed by atoms with van der Waals surface area (Å²) in [4.78, 5) is 33.3. The van der Waals surface area contributed by atoms with Crippen LogP contribution < -0.4 is 14.5 Å². The van der Waals surface area contributed by atoms with Crippen molar-refractivity contribution in [3.05, 3.63) is 29.8 Å². The fourth-order valence-electron chi connectivity index (χ4n) is 6.10. The molecule has 3 fully saturated rings. The van der Waals surface area contributed by atoms with Crippen molar-refractivity contribution < 1.29 is 17.9 Å². The van der Waals surface area contributed by atoms with Crippen LogP contribution in [0.25, 0.3) is 0 Å². The van der Waals surface area contributed by atoms with Crippen LogP contribution in [-0.4, -0.2) is 82.5 Å².